The van der Waals surface area contributed by atoms with Gasteiger partial charge in [0.05, 0.1) is 17.9 Å². The van der Waals surface area contributed by atoms with Crippen LogP contribution >= 0.6 is 0 Å². The molecule has 0 unspecified atom stereocenters. The summed E-state index contributed by atoms with van der Waals surface area (Å²) in [5, 5.41) is 1.15. The molecular weight excluding hydrogens is 188 g/mol. The van der Waals surface area contributed by atoms with Crippen molar-refractivity contribution in [2.24, 2.45) is 0 Å². The average Bonchev–Trinajstić information content (AvgIpc) is 2.74. The van der Waals surface area contributed by atoms with Crippen molar-refractivity contribution in [1.82, 2.24) is 19.5 Å². The largest absolute Gasteiger partial charge is 0.298 e. The molecule has 0 N–H and O–H groups in total. The van der Waals surface area contributed by atoms with Crippen molar-refractivity contribution >= 4 is 10.9 Å². The Morgan fingerprint density at radius 2 is 1.87 bits per heavy atom. The van der Waals surface area contributed by atoms with E-state index in [1.165, 1.54) is 0 Å². The fourth-order valence-corrected chi connectivity index (χ4v) is 1.59. The van der Waals surface area contributed by atoms with Gasteiger partial charge < -0.3 is 0 Å². The van der Waals surface area contributed by atoms with Gasteiger partial charge in [0.15, 0.2) is 5.82 Å². The van der Waals surface area contributed by atoms with E-state index in [2.05, 4.69) is 15.0 Å². The highest BCUT2D eigenvalue weighted by Crippen LogP contribution is 2.16. The Labute approximate surface area is 86.2 Å². The summed E-state index contributed by atoms with van der Waals surface area (Å²) in [5.41, 5.74) is 1.04. The summed E-state index contributed by atoms with van der Waals surface area (Å²) in [6.07, 6.45) is 10.6. The van der Waals surface area contributed by atoms with E-state index in [9.17, 15) is 0 Å². The summed E-state index contributed by atoms with van der Waals surface area (Å²) in [7, 11) is 0. The molecule has 0 fully saturated rings. The van der Waals surface area contributed by atoms with Crippen molar-refractivity contribution in [3.63, 3.8) is 0 Å². The van der Waals surface area contributed by atoms with Crippen LogP contribution in [0.3, 0.4) is 0 Å². The molecule has 3 aromatic rings. The smallest absolute Gasteiger partial charge is 0.155 e. The van der Waals surface area contributed by atoms with Crippen molar-refractivity contribution < 1.29 is 0 Å². The monoisotopic (exact) mass is 196 g/mol. The fraction of sp³-hybridized carbons (Fsp3) is 0. The molecule has 0 aliphatic heterocycles. The van der Waals surface area contributed by atoms with Gasteiger partial charge in [0.2, 0.25) is 0 Å². The van der Waals surface area contributed by atoms with Crippen LogP contribution in [-0.4, -0.2) is 19.5 Å². The maximum Gasteiger partial charge on any atom is 0.155 e. The Bertz CT molecular complexity index is 586. The first-order valence-electron chi connectivity index (χ1n) is 4.62. The molecule has 4 nitrogen and oxygen atoms in total. The Hall–Kier alpha value is -2.23. The van der Waals surface area contributed by atoms with Gasteiger partial charge in [0, 0.05) is 30.2 Å². The van der Waals surface area contributed by atoms with Gasteiger partial charge in [-0.05, 0) is 12.1 Å². The van der Waals surface area contributed by atoms with Crippen LogP contribution in [0.4, 0.5) is 0 Å². The van der Waals surface area contributed by atoms with Crippen molar-refractivity contribution in [2.75, 3.05) is 0 Å². The van der Waals surface area contributed by atoms with Crippen LogP contribution in [0.5, 0.6) is 0 Å². The minimum absolute atomic E-state index is 0.806. The van der Waals surface area contributed by atoms with E-state index in [0.29, 0.717) is 0 Å². The highest BCUT2D eigenvalue weighted by atomic mass is 15.1. The second kappa shape index (κ2) is 3.16. The zero-order chi connectivity index (χ0) is 10.1. The summed E-state index contributed by atoms with van der Waals surface area (Å²) >= 11 is 0. The molecule has 0 spiro atoms. The zero-order valence-electron chi connectivity index (χ0n) is 7.91. The van der Waals surface area contributed by atoms with Crippen LogP contribution < -0.4 is 0 Å². The summed E-state index contributed by atoms with van der Waals surface area (Å²) in [6, 6.07) is 4.01. The molecule has 3 rings (SSSR count). The second-order valence-electron chi connectivity index (χ2n) is 3.18. The number of nitrogens with zero attached hydrogens (tertiary/aromatic N) is 4. The molecular formula is C11H8N4. The number of pyridine rings is 1. The third kappa shape index (κ3) is 1.27. The van der Waals surface area contributed by atoms with Gasteiger partial charge in [-0.15, -0.1) is 0 Å². The molecule has 0 aromatic carbocycles. The van der Waals surface area contributed by atoms with Gasteiger partial charge >= 0.3 is 0 Å². The molecule has 0 atom stereocenters. The second-order valence-corrected chi connectivity index (χ2v) is 3.18. The van der Waals surface area contributed by atoms with Crippen LogP contribution in [-0.2, 0) is 0 Å². The van der Waals surface area contributed by atoms with E-state index < -0.39 is 0 Å². The molecule has 0 amide bonds. The molecule has 0 saturated carbocycles. The highest BCUT2D eigenvalue weighted by Gasteiger charge is 2.02. The quantitative estimate of drug-likeness (QED) is 0.596. The first-order chi connectivity index (χ1) is 7.45. The minimum Gasteiger partial charge on any atom is -0.298 e. The fourth-order valence-electron chi connectivity index (χ4n) is 1.59. The van der Waals surface area contributed by atoms with E-state index in [1.807, 2.05) is 29.1 Å². The number of hydrogen-bond acceptors (Lipinski definition) is 3. The maximum atomic E-state index is 4.24. The first kappa shape index (κ1) is 8.11. The van der Waals surface area contributed by atoms with Gasteiger partial charge in [-0.2, -0.15) is 0 Å². The number of rotatable bonds is 1. The lowest BCUT2D eigenvalue weighted by atomic mass is 10.3. The minimum atomic E-state index is 0.806. The summed E-state index contributed by atoms with van der Waals surface area (Å²) in [4.78, 5) is 12.4. The molecule has 15 heavy (non-hydrogen) atoms. The molecule has 72 valence electrons. The van der Waals surface area contributed by atoms with Crippen LogP contribution in [0.2, 0.25) is 0 Å². The van der Waals surface area contributed by atoms with Crippen LogP contribution in [0.1, 0.15) is 0 Å². The van der Waals surface area contributed by atoms with Gasteiger partial charge in [-0.3, -0.25) is 14.5 Å². The SMILES string of the molecule is c1cnc(-n2ccc3ccncc32)cn1. The summed E-state index contributed by atoms with van der Waals surface area (Å²) in [6.45, 7) is 0. The van der Waals surface area contributed by atoms with E-state index in [0.717, 1.165) is 16.7 Å². The van der Waals surface area contributed by atoms with Crippen molar-refractivity contribution in [1.29, 1.82) is 0 Å². The molecule has 0 saturated heterocycles. The van der Waals surface area contributed by atoms with E-state index in [-0.39, 0.29) is 0 Å². The third-order valence-electron chi connectivity index (χ3n) is 2.29. The van der Waals surface area contributed by atoms with Gasteiger partial charge in [0.25, 0.3) is 0 Å². The van der Waals surface area contributed by atoms with Gasteiger partial charge in [0.1, 0.15) is 0 Å². The first-order valence-corrected chi connectivity index (χ1v) is 4.62. The van der Waals surface area contributed by atoms with Crippen LogP contribution in [0.15, 0.2) is 49.3 Å². The molecule has 0 bridgehead atoms. The molecule has 3 heterocycles. The van der Waals surface area contributed by atoms with Gasteiger partial charge in [-0.25, -0.2) is 4.98 Å². The Kier molecular flexibility index (Phi) is 1.71. The van der Waals surface area contributed by atoms with Crippen molar-refractivity contribution in [2.45, 2.75) is 0 Å². The summed E-state index contributed by atoms with van der Waals surface area (Å²) < 4.78 is 1.97. The predicted octanol–water partition coefficient (Wildman–Crippen LogP) is 1.82. The van der Waals surface area contributed by atoms with E-state index >= 15 is 0 Å². The highest BCUT2D eigenvalue weighted by molar-refractivity contribution is 5.80. The Balaban J connectivity index is 2.28. The lowest BCUT2D eigenvalue weighted by molar-refractivity contribution is 1.01. The predicted molar refractivity (Wildman–Crippen MR) is 56.7 cm³/mol. The molecule has 0 radical (unpaired) electrons. The Morgan fingerprint density at radius 3 is 2.73 bits per heavy atom. The van der Waals surface area contributed by atoms with Crippen molar-refractivity contribution in [3.05, 3.63) is 49.3 Å². The number of fused-ring (bicyclic) bond motifs is 1. The van der Waals surface area contributed by atoms with E-state index in [1.54, 1.807) is 24.8 Å². The van der Waals surface area contributed by atoms with Gasteiger partial charge in [-0.1, -0.05) is 0 Å². The van der Waals surface area contributed by atoms with E-state index in [4.69, 9.17) is 0 Å². The van der Waals surface area contributed by atoms with Crippen molar-refractivity contribution in [3.8, 4) is 5.82 Å². The zero-order valence-corrected chi connectivity index (χ0v) is 7.91. The molecule has 0 aliphatic carbocycles. The molecule has 3 aromatic heterocycles. The van der Waals surface area contributed by atoms with Crippen LogP contribution in [0.25, 0.3) is 16.7 Å². The topological polar surface area (TPSA) is 43.6 Å². The molecule has 0 aliphatic rings. The lowest BCUT2D eigenvalue weighted by Gasteiger charge is -2.01. The summed E-state index contributed by atoms with van der Waals surface area (Å²) in [5.74, 6) is 0.806. The maximum absolute atomic E-state index is 4.24. The Morgan fingerprint density at radius 1 is 0.933 bits per heavy atom. The lowest BCUT2D eigenvalue weighted by Crippen LogP contribution is -1.95. The number of aromatic nitrogens is 4. The number of hydrogen-bond donors (Lipinski definition) is 0. The average molecular weight is 196 g/mol. The normalized spacial score (nSPS) is 10.7. The standard InChI is InChI=1S/C11H8N4/c1-3-12-7-10-9(1)2-6-15(10)11-8-13-4-5-14-11/h1-8H. The molecule has 4 heteroatoms. The van der Waals surface area contributed by atoms with Crippen LogP contribution in [0, 0.1) is 0 Å². The third-order valence-corrected chi connectivity index (χ3v) is 2.29.